The summed E-state index contributed by atoms with van der Waals surface area (Å²) in [4.78, 5) is 27.9. The number of nitrogens with one attached hydrogen (secondary N) is 1. The van der Waals surface area contributed by atoms with E-state index in [0.717, 1.165) is 5.56 Å². The lowest BCUT2D eigenvalue weighted by Crippen LogP contribution is -2.37. The molecule has 2 aliphatic heterocycles. The molecule has 2 aliphatic rings. The lowest BCUT2D eigenvalue weighted by molar-refractivity contribution is -0.117. The van der Waals surface area contributed by atoms with E-state index in [2.05, 4.69) is 5.32 Å². The molecule has 0 radical (unpaired) electrons. The van der Waals surface area contributed by atoms with Crippen LogP contribution in [-0.2, 0) is 11.3 Å². The molecule has 2 heterocycles. The van der Waals surface area contributed by atoms with E-state index in [4.69, 9.17) is 14.2 Å². The first-order valence-electron chi connectivity index (χ1n) is 13.3. The molecule has 0 saturated carbocycles. The van der Waals surface area contributed by atoms with Gasteiger partial charge in [-0.25, -0.2) is 4.39 Å². The normalized spacial score (nSPS) is 15.6. The van der Waals surface area contributed by atoms with Crippen molar-refractivity contribution in [1.82, 2.24) is 5.32 Å². The minimum absolute atomic E-state index is 0.0594. The molecule has 0 aromatic heterocycles. The third kappa shape index (κ3) is 5.49. The summed E-state index contributed by atoms with van der Waals surface area (Å²) in [5.74, 6) is 0.961. The summed E-state index contributed by atoms with van der Waals surface area (Å²) >= 11 is 0. The Balaban J connectivity index is 1.18. The maximum atomic E-state index is 14.4. The third-order valence-corrected chi connectivity index (χ3v) is 7.00. The number of carbonyl (C=O) groups is 2. The largest absolute Gasteiger partial charge is 0.486 e. The number of nitrogens with zero attached hydrogens (tertiary/aromatic N) is 1. The van der Waals surface area contributed by atoms with Crippen LogP contribution in [-0.4, -0.2) is 25.0 Å². The molecule has 7 nitrogen and oxygen atoms in total. The van der Waals surface area contributed by atoms with Gasteiger partial charge in [0.05, 0.1) is 18.3 Å². The molecular formula is C33H27FN2O5. The fraction of sp³-hybridized carbons (Fsp3) is 0.152. The average Bonchev–Trinajstić information content (AvgIpc) is 3.00. The zero-order valence-corrected chi connectivity index (χ0v) is 22.3. The van der Waals surface area contributed by atoms with Gasteiger partial charge in [0, 0.05) is 11.1 Å². The lowest BCUT2D eigenvalue weighted by Gasteiger charge is -2.30. The van der Waals surface area contributed by atoms with E-state index >= 15 is 0 Å². The highest BCUT2D eigenvalue weighted by Crippen LogP contribution is 2.37. The second-order valence-electron chi connectivity index (χ2n) is 9.78. The zero-order chi connectivity index (χ0) is 28.3. The Morgan fingerprint density at radius 2 is 1.66 bits per heavy atom. The molecule has 6 rings (SSSR count). The van der Waals surface area contributed by atoms with Crippen LogP contribution < -0.4 is 24.4 Å². The molecule has 1 N–H and O–H groups in total. The number of halogens is 1. The van der Waals surface area contributed by atoms with Crippen molar-refractivity contribution in [2.24, 2.45) is 0 Å². The Kier molecular flexibility index (Phi) is 7.12. The fourth-order valence-electron chi connectivity index (χ4n) is 4.79. The predicted octanol–water partition coefficient (Wildman–Crippen LogP) is 6.05. The van der Waals surface area contributed by atoms with Gasteiger partial charge >= 0.3 is 0 Å². The summed E-state index contributed by atoms with van der Waals surface area (Å²) in [7, 11) is 0. The van der Waals surface area contributed by atoms with Gasteiger partial charge in [-0.1, -0.05) is 48.5 Å². The Hall–Kier alpha value is -5.11. The first-order chi connectivity index (χ1) is 20.0. The minimum Gasteiger partial charge on any atom is -0.486 e. The second kappa shape index (κ2) is 11.2. The van der Waals surface area contributed by atoms with Crippen LogP contribution in [0.4, 0.5) is 10.1 Å². The molecule has 1 unspecified atom stereocenters. The van der Waals surface area contributed by atoms with E-state index < -0.39 is 0 Å². The van der Waals surface area contributed by atoms with Gasteiger partial charge in [0.1, 0.15) is 19.0 Å². The molecule has 0 aliphatic carbocycles. The quantitative estimate of drug-likeness (QED) is 0.296. The molecule has 206 valence electrons. The first kappa shape index (κ1) is 26.1. The maximum Gasteiger partial charge on any atom is 0.294 e. The van der Waals surface area contributed by atoms with Crippen LogP contribution in [0.2, 0.25) is 0 Å². The minimum atomic E-state index is -0.387. The van der Waals surface area contributed by atoms with Gasteiger partial charge in [-0.05, 0) is 66.6 Å². The van der Waals surface area contributed by atoms with E-state index in [0.29, 0.717) is 52.8 Å². The topological polar surface area (TPSA) is 77.1 Å². The van der Waals surface area contributed by atoms with E-state index in [1.54, 1.807) is 66.7 Å². The Bertz CT molecular complexity index is 1650. The molecule has 0 spiro atoms. The van der Waals surface area contributed by atoms with Crippen molar-refractivity contribution in [3.05, 3.63) is 125 Å². The van der Waals surface area contributed by atoms with Gasteiger partial charge in [-0.3, -0.25) is 14.5 Å². The highest BCUT2D eigenvalue weighted by atomic mass is 19.1. The average molecular weight is 551 g/mol. The van der Waals surface area contributed by atoms with Crippen molar-refractivity contribution >= 4 is 23.6 Å². The maximum absolute atomic E-state index is 14.4. The molecule has 2 amide bonds. The summed E-state index contributed by atoms with van der Waals surface area (Å²) in [5, 5.41) is 3.00. The number of rotatable bonds is 6. The van der Waals surface area contributed by atoms with E-state index in [9.17, 15) is 14.0 Å². The smallest absolute Gasteiger partial charge is 0.294 e. The van der Waals surface area contributed by atoms with Gasteiger partial charge in [0.25, 0.3) is 11.8 Å². The van der Waals surface area contributed by atoms with E-state index in [-0.39, 0.29) is 36.0 Å². The van der Waals surface area contributed by atoms with Crippen LogP contribution >= 0.6 is 0 Å². The summed E-state index contributed by atoms with van der Waals surface area (Å²) in [6.45, 7) is 2.97. The number of hydrogen-bond donors (Lipinski definition) is 1. The number of carbonyl (C=O) groups excluding carboxylic acids is 2. The molecular weight excluding hydrogens is 523 g/mol. The van der Waals surface area contributed by atoms with Gasteiger partial charge in [0.2, 0.25) is 0 Å². The van der Waals surface area contributed by atoms with Crippen LogP contribution in [0.3, 0.4) is 0 Å². The predicted molar refractivity (Wildman–Crippen MR) is 152 cm³/mol. The first-order valence-corrected chi connectivity index (χ1v) is 13.3. The second-order valence-corrected chi connectivity index (χ2v) is 9.78. The number of benzene rings is 4. The van der Waals surface area contributed by atoms with Crippen LogP contribution in [0.25, 0.3) is 6.08 Å². The number of anilines is 1. The van der Waals surface area contributed by atoms with E-state index in [1.165, 1.54) is 11.0 Å². The highest BCUT2D eigenvalue weighted by molar-refractivity contribution is 6.09. The summed E-state index contributed by atoms with van der Waals surface area (Å²) < 4.78 is 31.6. The number of fused-ring (bicyclic) bond motifs is 2. The van der Waals surface area contributed by atoms with Crippen molar-refractivity contribution < 1.29 is 28.2 Å². The molecule has 0 saturated heterocycles. The Morgan fingerprint density at radius 1 is 0.927 bits per heavy atom. The van der Waals surface area contributed by atoms with Crippen molar-refractivity contribution in [2.45, 2.75) is 19.5 Å². The standard InChI is InChI=1S/C33H27FN2O5/c1-21(24-14-15-29-30(19-24)40-17-16-39-29)35-32(37)23-12-10-22(11-13-23)18-31-33(38)36(20-25-6-2-3-7-26(25)34)27-8-4-5-9-28(27)41-31/h2-15,18-19,21H,16-17,20H2,1H3,(H,35,37)/b31-18+. The summed E-state index contributed by atoms with van der Waals surface area (Å²) in [6.07, 6.45) is 1.62. The molecule has 4 aromatic carbocycles. The SMILES string of the molecule is CC(NC(=O)c1ccc(/C=C2/Oc3ccccc3N(Cc3ccccc3F)C2=O)cc1)c1ccc2c(c1)OCCO2. The third-order valence-electron chi connectivity index (χ3n) is 7.00. The van der Waals surface area contributed by atoms with Crippen LogP contribution in [0.5, 0.6) is 17.2 Å². The van der Waals surface area contributed by atoms with Crippen LogP contribution in [0.1, 0.15) is 40.0 Å². The van der Waals surface area contributed by atoms with Crippen molar-refractivity contribution in [3.63, 3.8) is 0 Å². The molecule has 1 atom stereocenters. The molecule has 0 bridgehead atoms. The molecule has 0 fully saturated rings. The number of amides is 2. The Morgan fingerprint density at radius 3 is 2.46 bits per heavy atom. The monoisotopic (exact) mass is 550 g/mol. The van der Waals surface area contributed by atoms with E-state index in [1.807, 2.05) is 31.2 Å². The summed E-state index contributed by atoms with van der Waals surface area (Å²) in [5.41, 5.74) is 3.01. The summed E-state index contributed by atoms with van der Waals surface area (Å²) in [6, 6.07) is 25.8. The van der Waals surface area contributed by atoms with Gasteiger partial charge in [-0.2, -0.15) is 0 Å². The Labute approximate surface area is 236 Å². The number of para-hydroxylation sites is 2. The number of hydrogen-bond acceptors (Lipinski definition) is 5. The molecule has 4 aromatic rings. The van der Waals surface area contributed by atoms with Crippen molar-refractivity contribution in [2.75, 3.05) is 18.1 Å². The van der Waals surface area contributed by atoms with Gasteiger partial charge in [0.15, 0.2) is 23.0 Å². The highest BCUT2D eigenvalue weighted by Gasteiger charge is 2.30. The van der Waals surface area contributed by atoms with Crippen molar-refractivity contribution in [1.29, 1.82) is 0 Å². The number of ether oxygens (including phenoxy) is 3. The lowest BCUT2D eigenvalue weighted by atomic mass is 10.1. The van der Waals surface area contributed by atoms with Crippen molar-refractivity contribution in [3.8, 4) is 17.2 Å². The fourth-order valence-corrected chi connectivity index (χ4v) is 4.79. The molecule has 41 heavy (non-hydrogen) atoms. The van der Waals surface area contributed by atoms with Crippen LogP contribution in [0.15, 0.2) is 96.8 Å². The molecule has 8 heteroatoms. The zero-order valence-electron chi connectivity index (χ0n) is 22.3. The van der Waals surface area contributed by atoms with Gasteiger partial charge in [-0.15, -0.1) is 0 Å². The van der Waals surface area contributed by atoms with Crippen LogP contribution in [0, 0.1) is 5.82 Å². The van der Waals surface area contributed by atoms with Gasteiger partial charge < -0.3 is 19.5 Å².